The summed E-state index contributed by atoms with van der Waals surface area (Å²) in [5, 5.41) is 5.63. The third-order valence-electron chi connectivity index (χ3n) is 5.23. The lowest BCUT2D eigenvalue weighted by atomic mass is 9.81. The summed E-state index contributed by atoms with van der Waals surface area (Å²) in [5.74, 6) is -0.383. The third-order valence-corrected chi connectivity index (χ3v) is 6.42. The summed E-state index contributed by atoms with van der Waals surface area (Å²) < 4.78 is 0. The summed E-state index contributed by atoms with van der Waals surface area (Å²) >= 11 is 7.56. The number of carbonyl (C=O) groups excluding carboxylic acids is 2. The van der Waals surface area contributed by atoms with Gasteiger partial charge in [-0.1, -0.05) is 49.7 Å². The van der Waals surface area contributed by atoms with Gasteiger partial charge in [0.1, 0.15) is 0 Å². The second-order valence-electron chi connectivity index (χ2n) is 7.87. The first-order chi connectivity index (χ1) is 14.5. The molecule has 2 amide bonds. The average molecular weight is 439 g/mol. The van der Waals surface area contributed by atoms with Crippen molar-refractivity contribution >= 4 is 40.4 Å². The zero-order valence-electron chi connectivity index (χ0n) is 16.8. The summed E-state index contributed by atoms with van der Waals surface area (Å²) in [4.78, 5) is 29.9. The maximum atomic E-state index is 13.6. The van der Waals surface area contributed by atoms with Gasteiger partial charge < -0.3 is 10.2 Å². The van der Waals surface area contributed by atoms with Gasteiger partial charge in [0.2, 0.25) is 5.91 Å². The lowest BCUT2D eigenvalue weighted by Crippen LogP contribution is -2.47. The molecular formula is C24H23ClN2O2S. The second kappa shape index (κ2) is 8.62. The van der Waals surface area contributed by atoms with Crippen LogP contribution in [0.1, 0.15) is 46.6 Å². The predicted molar refractivity (Wildman–Crippen MR) is 122 cm³/mol. The van der Waals surface area contributed by atoms with E-state index in [0.717, 1.165) is 10.4 Å². The molecule has 4 rings (SSSR count). The van der Waals surface area contributed by atoms with E-state index in [0.29, 0.717) is 22.8 Å². The summed E-state index contributed by atoms with van der Waals surface area (Å²) in [6, 6.07) is 18.1. The summed E-state index contributed by atoms with van der Waals surface area (Å²) in [5.41, 5.74) is 2.05. The van der Waals surface area contributed by atoms with Crippen LogP contribution in [-0.4, -0.2) is 23.3 Å². The standard InChI is InChI=1S/C24H23ClN2O2S/c1-15(2)14-27-22(20-8-5-13-30-20)21(18-6-3-4-7-19(18)24(27)29)23(28)26-17-11-9-16(25)10-12-17/h3-13,15,21-22H,14H2,1-2H3,(H,26,28)/t21-,22-/m0/s1. The zero-order chi connectivity index (χ0) is 21.3. The Bertz CT molecular complexity index is 1050. The van der Waals surface area contributed by atoms with Crippen molar-refractivity contribution in [1.82, 2.24) is 4.90 Å². The molecule has 6 heteroatoms. The van der Waals surface area contributed by atoms with Gasteiger partial charge in [-0.2, -0.15) is 0 Å². The number of anilines is 1. The van der Waals surface area contributed by atoms with E-state index in [4.69, 9.17) is 11.6 Å². The lowest BCUT2D eigenvalue weighted by Gasteiger charge is -2.42. The maximum absolute atomic E-state index is 13.6. The van der Waals surface area contributed by atoms with Gasteiger partial charge in [0.25, 0.3) is 5.91 Å². The number of halogens is 1. The van der Waals surface area contributed by atoms with Gasteiger partial charge in [0.15, 0.2) is 0 Å². The van der Waals surface area contributed by atoms with E-state index >= 15 is 0 Å². The number of rotatable bonds is 5. The molecule has 154 valence electrons. The molecule has 30 heavy (non-hydrogen) atoms. The zero-order valence-corrected chi connectivity index (χ0v) is 18.4. The average Bonchev–Trinajstić information content (AvgIpc) is 3.25. The van der Waals surface area contributed by atoms with E-state index in [1.807, 2.05) is 46.7 Å². The fourth-order valence-electron chi connectivity index (χ4n) is 4.00. The molecule has 0 saturated carbocycles. The van der Waals surface area contributed by atoms with Crippen LogP contribution < -0.4 is 5.32 Å². The first kappa shape index (κ1) is 20.6. The number of amides is 2. The Morgan fingerprint density at radius 3 is 2.50 bits per heavy atom. The molecule has 0 saturated heterocycles. The Morgan fingerprint density at radius 2 is 1.83 bits per heavy atom. The Labute approximate surface area is 185 Å². The molecule has 2 aromatic carbocycles. The Kier molecular flexibility index (Phi) is 5.93. The molecule has 2 heterocycles. The van der Waals surface area contributed by atoms with E-state index in [2.05, 4.69) is 19.2 Å². The Balaban J connectivity index is 1.80. The largest absolute Gasteiger partial charge is 0.329 e. The van der Waals surface area contributed by atoms with E-state index in [1.54, 1.807) is 35.6 Å². The summed E-state index contributed by atoms with van der Waals surface area (Å²) in [7, 11) is 0. The first-order valence-corrected chi connectivity index (χ1v) is 11.2. The van der Waals surface area contributed by atoms with Crippen LogP contribution in [0, 0.1) is 5.92 Å². The van der Waals surface area contributed by atoms with Crippen molar-refractivity contribution in [3.05, 3.63) is 87.1 Å². The van der Waals surface area contributed by atoms with Crippen LogP contribution in [0.5, 0.6) is 0 Å². The van der Waals surface area contributed by atoms with Gasteiger partial charge in [0.05, 0.1) is 12.0 Å². The van der Waals surface area contributed by atoms with Gasteiger partial charge in [0, 0.05) is 27.7 Å². The number of hydrogen-bond donors (Lipinski definition) is 1. The highest BCUT2D eigenvalue weighted by molar-refractivity contribution is 7.10. The van der Waals surface area contributed by atoms with Crippen LogP contribution in [0.3, 0.4) is 0 Å². The molecule has 1 aromatic heterocycles. The number of benzene rings is 2. The monoisotopic (exact) mass is 438 g/mol. The van der Waals surface area contributed by atoms with Crippen molar-refractivity contribution in [3.63, 3.8) is 0 Å². The SMILES string of the molecule is CC(C)CN1C(=O)c2ccccc2[C@H](C(=O)Nc2ccc(Cl)cc2)[C@@H]1c1cccs1. The normalized spacial score (nSPS) is 18.4. The molecule has 0 bridgehead atoms. The van der Waals surface area contributed by atoms with Gasteiger partial charge in [-0.3, -0.25) is 9.59 Å². The van der Waals surface area contributed by atoms with Crippen LogP contribution >= 0.6 is 22.9 Å². The molecule has 4 nitrogen and oxygen atoms in total. The van der Waals surface area contributed by atoms with Crippen LogP contribution in [-0.2, 0) is 4.79 Å². The Morgan fingerprint density at radius 1 is 1.10 bits per heavy atom. The van der Waals surface area contributed by atoms with Crippen molar-refractivity contribution in [1.29, 1.82) is 0 Å². The molecular weight excluding hydrogens is 416 g/mol. The van der Waals surface area contributed by atoms with Crippen LogP contribution in [0.4, 0.5) is 5.69 Å². The van der Waals surface area contributed by atoms with Crippen molar-refractivity contribution in [2.75, 3.05) is 11.9 Å². The van der Waals surface area contributed by atoms with Gasteiger partial charge in [-0.05, 0) is 53.3 Å². The fourth-order valence-corrected chi connectivity index (χ4v) is 5.00. The third kappa shape index (κ3) is 4.00. The number of thiophene rings is 1. The maximum Gasteiger partial charge on any atom is 0.254 e. The number of hydrogen-bond acceptors (Lipinski definition) is 3. The second-order valence-corrected chi connectivity index (χ2v) is 9.29. The van der Waals surface area contributed by atoms with E-state index in [9.17, 15) is 9.59 Å². The van der Waals surface area contributed by atoms with E-state index < -0.39 is 5.92 Å². The van der Waals surface area contributed by atoms with Gasteiger partial charge in [-0.15, -0.1) is 11.3 Å². The van der Waals surface area contributed by atoms with Gasteiger partial charge >= 0.3 is 0 Å². The summed E-state index contributed by atoms with van der Waals surface area (Å²) in [6.45, 7) is 4.75. The molecule has 0 fully saturated rings. The Hall–Kier alpha value is -2.63. The fraction of sp³-hybridized carbons (Fsp3) is 0.250. The minimum Gasteiger partial charge on any atom is -0.329 e. The summed E-state index contributed by atoms with van der Waals surface area (Å²) in [6.07, 6.45) is 0. The molecule has 0 spiro atoms. The predicted octanol–water partition coefficient (Wildman–Crippen LogP) is 5.98. The molecule has 0 aliphatic carbocycles. The van der Waals surface area contributed by atoms with E-state index in [1.165, 1.54) is 0 Å². The highest BCUT2D eigenvalue weighted by Crippen LogP contribution is 2.45. The highest BCUT2D eigenvalue weighted by Gasteiger charge is 2.44. The minimum atomic E-state index is -0.507. The van der Waals surface area contributed by atoms with Crippen molar-refractivity contribution in [3.8, 4) is 0 Å². The lowest BCUT2D eigenvalue weighted by molar-refractivity contribution is -0.119. The minimum absolute atomic E-state index is 0.0201. The van der Waals surface area contributed by atoms with Crippen LogP contribution in [0.25, 0.3) is 0 Å². The first-order valence-electron chi connectivity index (χ1n) is 9.95. The molecule has 0 radical (unpaired) electrons. The topological polar surface area (TPSA) is 49.4 Å². The molecule has 1 aliphatic rings. The molecule has 3 aromatic rings. The molecule has 0 unspecified atom stereocenters. The van der Waals surface area contributed by atoms with Gasteiger partial charge in [-0.25, -0.2) is 0 Å². The van der Waals surface area contributed by atoms with Crippen molar-refractivity contribution < 1.29 is 9.59 Å². The molecule has 2 atom stereocenters. The van der Waals surface area contributed by atoms with Crippen molar-refractivity contribution in [2.24, 2.45) is 5.92 Å². The van der Waals surface area contributed by atoms with Crippen molar-refractivity contribution in [2.45, 2.75) is 25.8 Å². The van der Waals surface area contributed by atoms with Crippen LogP contribution in [0.15, 0.2) is 66.0 Å². The number of nitrogens with one attached hydrogen (secondary N) is 1. The number of fused-ring (bicyclic) bond motifs is 1. The molecule has 1 N–H and O–H groups in total. The molecule has 1 aliphatic heterocycles. The number of nitrogens with zero attached hydrogens (tertiary/aromatic N) is 1. The number of carbonyl (C=O) groups is 2. The highest BCUT2D eigenvalue weighted by atomic mass is 35.5. The quantitative estimate of drug-likeness (QED) is 0.532. The van der Waals surface area contributed by atoms with Crippen LogP contribution in [0.2, 0.25) is 5.02 Å². The smallest absolute Gasteiger partial charge is 0.254 e. The van der Waals surface area contributed by atoms with E-state index in [-0.39, 0.29) is 23.8 Å².